The number of unbranched alkanes of at least 4 members (excludes halogenated alkanes) is 3. The maximum Gasteiger partial charge on any atom is 0.307 e. The monoisotopic (exact) mass is 365 g/mol. The zero-order valence-electron chi connectivity index (χ0n) is 16.4. The fourth-order valence-corrected chi connectivity index (χ4v) is 2.66. The molecule has 0 spiro atoms. The maximum atomic E-state index is 12.9. The number of hydrogen-bond donors (Lipinski definition) is 0. The van der Waals surface area contributed by atoms with Gasteiger partial charge in [-0.25, -0.2) is 0 Å². The fourth-order valence-electron chi connectivity index (χ4n) is 2.66. The second kappa shape index (κ2) is 12.2. The number of hydrogen-bond acceptors (Lipinski definition) is 5. The van der Waals surface area contributed by atoms with Gasteiger partial charge in [-0.05, 0) is 31.5 Å². The Morgan fingerprint density at radius 3 is 2.31 bits per heavy atom. The first-order chi connectivity index (χ1) is 12.6. The summed E-state index contributed by atoms with van der Waals surface area (Å²) < 4.78 is 15.5. The van der Waals surface area contributed by atoms with Gasteiger partial charge >= 0.3 is 5.97 Å². The lowest BCUT2D eigenvalue weighted by molar-refractivity contribution is -0.143. The second-order valence-corrected chi connectivity index (χ2v) is 5.98. The first-order valence-electron chi connectivity index (χ1n) is 9.24. The molecule has 0 aliphatic carbocycles. The number of rotatable bonds is 12. The van der Waals surface area contributed by atoms with E-state index in [4.69, 9.17) is 14.2 Å². The maximum absolute atomic E-state index is 12.9. The molecule has 0 heterocycles. The van der Waals surface area contributed by atoms with Gasteiger partial charge < -0.3 is 19.1 Å². The normalized spacial score (nSPS) is 10.3. The summed E-state index contributed by atoms with van der Waals surface area (Å²) in [5.41, 5.74) is 0.516. The summed E-state index contributed by atoms with van der Waals surface area (Å²) in [6.07, 6.45) is 4.44. The van der Waals surface area contributed by atoms with E-state index >= 15 is 0 Å². The summed E-state index contributed by atoms with van der Waals surface area (Å²) in [6, 6.07) is 5.10. The summed E-state index contributed by atoms with van der Waals surface area (Å²) >= 11 is 0. The molecule has 0 bridgehead atoms. The first-order valence-corrected chi connectivity index (χ1v) is 9.24. The van der Waals surface area contributed by atoms with Gasteiger partial charge in [0.1, 0.15) is 0 Å². The van der Waals surface area contributed by atoms with Crippen LogP contribution in [0.15, 0.2) is 18.2 Å². The summed E-state index contributed by atoms with van der Waals surface area (Å²) in [6.45, 7) is 5.23. The summed E-state index contributed by atoms with van der Waals surface area (Å²) in [5.74, 6) is 0.678. The largest absolute Gasteiger partial charge is 0.493 e. The molecule has 0 unspecified atom stereocenters. The molecule has 26 heavy (non-hydrogen) atoms. The molecular weight excluding hydrogens is 334 g/mol. The topological polar surface area (TPSA) is 65.1 Å². The predicted octanol–water partition coefficient (Wildman–Crippen LogP) is 3.68. The highest BCUT2D eigenvalue weighted by molar-refractivity contribution is 5.95. The SMILES string of the molecule is CCCCCCN(CCC(=O)OCC)C(=O)c1ccc(OC)c(OC)c1. The molecule has 0 fully saturated rings. The van der Waals surface area contributed by atoms with Crippen molar-refractivity contribution in [2.45, 2.75) is 46.0 Å². The van der Waals surface area contributed by atoms with Crippen LogP contribution < -0.4 is 9.47 Å². The first kappa shape index (κ1) is 21.8. The van der Waals surface area contributed by atoms with Crippen LogP contribution in [0.5, 0.6) is 11.5 Å². The molecule has 1 aromatic carbocycles. The average molecular weight is 365 g/mol. The molecule has 1 rings (SSSR count). The van der Waals surface area contributed by atoms with Crippen molar-refractivity contribution in [3.05, 3.63) is 23.8 Å². The molecule has 6 nitrogen and oxygen atoms in total. The fraction of sp³-hybridized carbons (Fsp3) is 0.600. The van der Waals surface area contributed by atoms with E-state index in [1.807, 2.05) is 0 Å². The Bertz CT molecular complexity index is 573. The van der Waals surface area contributed by atoms with Crippen LogP contribution >= 0.6 is 0 Å². The Morgan fingerprint density at radius 2 is 1.69 bits per heavy atom. The molecule has 0 saturated carbocycles. The predicted molar refractivity (Wildman–Crippen MR) is 101 cm³/mol. The zero-order chi connectivity index (χ0) is 19.4. The third-order valence-corrected chi connectivity index (χ3v) is 4.09. The van der Waals surface area contributed by atoms with Crippen molar-refractivity contribution < 1.29 is 23.8 Å². The Morgan fingerprint density at radius 1 is 0.962 bits per heavy atom. The van der Waals surface area contributed by atoms with E-state index in [0.717, 1.165) is 25.7 Å². The van der Waals surface area contributed by atoms with Gasteiger partial charge in [0.2, 0.25) is 0 Å². The van der Waals surface area contributed by atoms with Crippen molar-refractivity contribution in [1.29, 1.82) is 0 Å². The number of carbonyl (C=O) groups is 2. The average Bonchev–Trinajstić information content (AvgIpc) is 2.66. The number of methoxy groups -OCH3 is 2. The molecule has 0 radical (unpaired) electrons. The molecule has 1 amide bonds. The van der Waals surface area contributed by atoms with Crippen molar-refractivity contribution in [3.8, 4) is 11.5 Å². The van der Waals surface area contributed by atoms with E-state index in [9.17, 15) is 9.59 Å². The highest BCUT2D eigenvalue weighted by Crippen LogP contribution is 2.28. The Labute approximate surface area is 156 Å². The minimum absolute atomic E-state index is 0.119. The van der Waals surface area contributed by atoms with Crippen molar-refractivity contribution in [2.24, 2.45) is 0 Å². The van der Waals surface area contributed by atoms with E-state index < -0.39 is 0 Å². The molecular formula is C20H31NO5. The van der Waals surface area contributed by atoms with E-state index in [-0.39, 0.29) is 18.3 Å². The Balaban J connectivity index is 2.85. The minimum atomic E-state index is -0.286. The van der Waals surface area contributed by atoms with Crippen LogP contribution in [0.3, 0.4) is 0 Å². The number of amides is 1. The van der Waals surface area contributed by atoms with Gasteiger partial charge in [-0.2, -0.15) is 0 Å². The van der Waals surface area contributed by atoms with Crippen molar-refractivity contribution in [3.63, 3.8) is 0 Å². The molecule has 0 saturated heterocycles. The highest BCUT2D eigenvalue weighted by Gasteiger charge is 2.19. The Kier molecular flexibility index (Phi) is 10.2. The molecule has 0 aromatic heterocycles. The molecule has 0 N–H and O–H groups in total. The summed E-state index contributed by atoms with van der Waals surface area (Å²) in [7, 11) is 3.09. The van der Waals surface area contributed by atoms with Crippen molar-refractivity contribution in [1.82, 2.24) is 4.90 Å². The van der Waals surface area contributed by atoms with Crippen molar-refractivity contribution >= 4 is 11.9 Å². The van der Waals surface area contributed by atoms with Crippen LogP contribution in [0.4, 0.5) is 0 Å². The van der Waals surface area contributed by atoms with Crippen LogP contribution in [0.25, 0.3) is 0 Å². The molecule has 6 heteroatoms. The lowest BCUT2D eigenvalue weighted by Crippen LogP contribution is -2.34. The number of benzene rings is 1. The molecule has 0 aliphatic rings. The van der Waals surface area contributed by atoms with Gasteiger partial charge in [0.05, 0.1) is 27.2 Å². The Hall–Kier alpha value is -2.24. The minimum Gasteiger partial charge on any atom is -0.493 e. The highest BCUT2D eigenvalue weighted by atomic mass is 16.5. The smallest absolute Gasteiger partial charge is 0.307 e. The van der Waals surface area contributed by atoms with Gasteiger partial charge in [-0.3, -0.25) is 9.59 Å². The van der Waals surface area contributed by atoms with E-state index in [0.29, 0.717) is 36.8 Å². The number of ether oxygens (including phenoxy) is 3. The van der Waals surface area contributed by atoms with Gasteiger partial charge in [0.15, 0.2) is 11.5 Å². The number of nitrogens with zero attached hydrogens (tertiary/aromatic N) is 1. The quantitative estimate of drug-likeness (QED) is 0.418. The molecule has 1 aromatic rings. The van der Waals surface area contributed by atoms with Gasteiger partial charge in [0, 0.05) is 18.7 Å². The van der Waals surface area contributed by atoms with Crippen molar-refractivity contribution in [2.75, 3.05) is 33.9 Å². The lowest BCUT2D eigenvalue weighted by atomic mass is 10.1. The zero-order valence-corrected chi connectivity index (χ0v) is 16.4. The van der Waals surface area contributed by atoms with Crippen LogP contribution in [0.1, 0.15) is 56.3 Å². The van der Waals surface area contributed by atoms with E-state index in [2.05, 4.69) is 6.92 Å². The third kappa shape index (κ3) is 6.94. The molecule has 0 atom stereocenters. The lowest BCUT2D eigenvalue weighted by Gasteiger charge is -2.23. The van der Waals surface area contributed by atoms with Gasteiger partial charge in [0.25, 0.3) is 5.91 Å². The number of carbonyl (C=O) groups excluding carboxylic acids is 2. The van der Waals surface area contributed by atoms with Crippen LogP contribution in [0, 0.1) is 0 Å². The van der Waals surface area contributed by atoms with Crippen LogP contribution in [0.2, 0.25) is 0 Å². The van der Waals surface area contributed by atoms with Gasteiger partial charge in [-0.15, -0.1) is 0 Å². The standard InChI is InChI=1S/C20H31NO5/c1-5-7-8-9-13-21(14-12-19(22)26-6-2)20(23)16-10-11-17(24-3)18(15-16)25-4/h10-11,15H,5-9,12-14H2,1-4H3. The molecule has 146 valence electrons. The summed E-state index contributed by atoms with van der Waals surface area (Å²) in [5, 5.41) is 0. The second-order valence-electron chi connectivity index (χ2n) is 5.98. The number of esters is 1. The molecule has 0 aliphatic heterocycles. The van der Waals surface area contributed by atoms with Gasteiger partial charge in [-0.1, -0.05) is 26.2 Å². The van der Waals surface area contributed by atoms with Crippen LogP contribution in [-0.2, 0) is 9.53 Å². The van der Waals surface area contributed by atoms with E-state index in [1.165, 1.54) is 7.11 Å². The van der Waals surface area contributed by atoms with Crippen LogP contribution in [-0.4, -0.2) is 50.7 Å². The third-order valence-electron chi connectivity index (χ3n) is 4.09. The van der Waals surface area contributed by atoms with E-state index in [1.54, 1.807) is 37.1 Å². The summed E-state index contributed by atoms with van der Waals surface area (Å²) in [4.78, 5) is 26.3.